The highest BCUT2D eigenvalue weighted by atomic mass is 16.5. The topological polar surface area (TPSA) is 78.9 Å². The molecule has 160 valence electrons. The number of fused-ring (bicyclic) bond motifs is 1. The largest absolute Gasteiger partial charge is 0.489 e. The van der Waals surface area contributed by atoms with Crippen LogP contribution in [-0.4, -0.2) is 35.7 Å². The van der Waals surface area contributed by atoms with Gasteiger partial charge in [-0.15, -0.1) is 0 Å². The zero-order valence-electron chi connectivity index (χ0n) is 17.8. The molecule has 0 aromatic heterocycles. The lowest BCUT2D eigenvalue weighted by Gasteiger charge is -2.26. The Balaban J connectivity index is 1.88. The number of para-hydroxylation sites is 2. The first kappa shape index (κ1) is 21.8. The Labute approximate surface area is 177 Å². The molecule has 0 spiro atoms. The molecule has 0 saturated heterocycles. The van der Waals surface area contributed by atoms with Crippen molar-refractivity contribution >= 4 is 17.6 Å². The van der Waals surface area contributed by atoms with Gasteiger partial charge >= 0.3 is 5.97 Å². The Morgan fingerprint density at radius 3 is 2.53 bits per heavy atom. The van der Waals surface area contributed by atoms with Crippen molar-refractivity contribution in [2.75, 3.05) is 11.5 Å². The van der Waals surface area contributed by atoms with Crippen LogP contribution in [0.15, 0.2) is 48.5 Å². The fourth-order valence-corrected chi connectivity index (χ4v) is 3.64. The molecular formula is C24H30N2O4. The fourth-order valence-electron chi connectivity index (χ4n) is 3.64. The first-order chi connectivity index (χ1) is 14.4. The molecule has 6 heteroatoms. The molecule has 2 aromatic carbocycles. The van der Waals surface area contributed by atoms with E-state index >= 15 is 0 Å². The molecule has 2 aromatic rings. The van der Waals surface area contributed by atoms with Crippen LogP contribution in [0.1, 0.15) is 50.7 Å². The molecule has 30 heavy (non-hydrogen) atoms. The van der Waals surface area contributed by atoms with E-state index < -0.39 is 18.1 Å². The lowest BCUT2D eigenvalue weighted by molar-refractivity contribution is -0.140. The van der Waals surface area contributed by atoms with Crippen LogP contribution in [0.4, 0.5) is 5.69 Å². The zero-order chi connectivity index (χ0) is 21.7. The number of nitrogens with zero attached hydrogens (tertiary/aromatic N) is 1. The average molecular weight is 411 g/mol. The van der Waals surface area contributed by atoms with Gasteiger partial charge in [0, 0.05) is 0 Å². The van der Waals surface area contributed by atoms with E-state index in [1.54, 1.807) is 4.90 Å². The Kier molecular flexibility index (Phi) is 7.11. The Morgan fingerprint density at radius 1 is 1.20 bits per heavy atom. The van der Waals surface area contributed by atoms with Crippen LogP contribution in [0.25, 0.3) is 0 Å². The number of aliphatic carboxylic acids is 1. The third-order valence-electron chi connectivity index (χ3n) is 5.39. The normalized spacial score (nSPS) is 17.3. The minimum absolute atomic E-state index is 0.0894. The predicted octanol–water partition coefficient (Wildman–Crippen LogP) is 3.95. The Hall–Kier alpha value is -2.86. The van der Waals surface area contributed by atoms with Gasteiger partial charge in [-0.2, -0.15) is 0 Å². The summed E-state index contributed by atoms with van der Waals surface area (Å²) in [6.45, 7) is 6.69. The van der Waals surface area contributed by atoms with Crippen LogP contribution >= 0.6 is 0 Å². The first-order valence-electron chi connectivity index (χ1n) is 10.5. The highest BCUT2D eigenvalue weighted by Crippen LogP contribution is 2.32. The van der Waals surface area contributed by atoms with Gasteiger partial charge < -0.3 is 14.7 Å². The summed E-state index contributed by atoms with van der Waals surface area (Å²) < 4.78 is 5.89. The maximum Gasteiger partial charge on any atom is 0.320 e. The number of amides is 1. The summed E-state index contributed by atoms with van der Waals surface area (Å²) in [4.78, 5) is 26.7. The fraction of sp³-hybridized carbons (Fsp3) is 0.417. The number of ether oxygens (including phenoxy) is 1. The van der Waals surface area contributed by atoms with Gasteiger partial charge in [-0.1, -0.05) is 63.6 Å². The van der Waals surface area contributed by atoms with E-state index in [0.717, 1.165) is 5.56 Å². The quantitative estimate of drug-likeness (QED) is 0.689. The maximum absolute atomic E-state index is 13.4. The third-order valence-corrected chi connectivity index (χ3v) is 5.39. The van der Waals surface area contributed by atoms with Crippen molar-refractivity contribution in [3.8, 4) is 5.75 Å². The van der Waals surface area contributed by atoms with Crippen molar-refractivity contribution in [3.63, 3.8) is 0 Å². The molecular weight excluding hydrogens is 380 g/mol. The summed E-state index contributed by atoms with van der Waals surface area (Å²) >= 11 is 0. The molecule has 3 rings (SSSR count). The van der Waals surface area contributed by atoms with Crippen molar-refractivity contribution < 1.29 is 19.4 Å². The molecule has 2 atom stereocenters. The Bertz CT molecular complexity index is 879. The highest BCUT2D eigenvalue weighted by Gasteiger charge is 2.34. The van der Waals surface area contributed by atoms with Gasteiger partial charge in [0.2, 0.25) is 5.91 Å². The van der Waals surface area contributed by atoms with Gasteiger partial charge in [0.25, 0.3) is 0 Å². The van der Waals surface area contributed by atoms with E-state index in [-0.39, 0.29) is 12.5 Å². The second kappa shape index (κ2) is 9.76. The first-order valence-corrected chi connectivity index (χ1v) is 10.5. The Morgan fingerprint density at radius 2 is 1.90 bits per heavy atom. The molecule has 2 N–H and O–H groups in total. The van der Waals surface area contributed by atoms with Crippen LogP contribution in [-0.2, 0) is 16.1 Å². The third kappa shape index (κ3) is 5.00. The van der Waals surface area contributed by atoms with Crippen LogP contribution in [0.5, 0.6) is 5.75 Å². The van der Waals surface area contributed by atoms with Crippen LogP contribution in [0.3, 0.4) is 0 Å². The minimum atomic E-state index is -0.956. The molecule has 1 heterocycles. The van der Waals surface area contributed by atoms with Gasteiger partial charge in [0.15, 0.2) is 0 Å². The number of carbonyl (C=O) groups excluding carboxylic acids is 1. The number of carbonyl (C=O) groups is 2. The number of carboxylic acids is 1. The highest BCUT2D eigenvalue weighted by molar-refractivity contribution is 5.99. The zero-order valence-corrected chi connectivity index (χ0v) is 17.8. The van der Waals surface area contributed by atoms with Gasteiger partial charge in [-0.05, 0) is 35.6 Å². The van der Waals surface area contributed by atoms with Gasteiger partial charge in [0.1, 0.15) is 24.4 Å². The number of nitrogens with one attached hydrogen (secondary N) is 1. The van der Waals surface area contributed by atoms with Crippen molar-refractivity contribution in [1.29, 1.82) is 0 Å². The van der Waals surface area contributed by atoms with Crippen molar-refractivity contribution in [2.24, 2.45) is 0 Å². The summed E-state index contributed by atoms with van der Waals surface area (Å²) in [7, 11) is 0. The van der Waals surface area contributed by atoms with E-state index in [2.05, 4.69) is 31.3 Å². The predicted molar refractivity (Wildman–Crippen MR) is 117 cm³/mol. The molecule has 6 nitrogen and oxygen atoms in total. The lowest BCUT2D eigenvalue weighted by Crippen LogP contribution is -2.53. The van der Waals surface area contributed by atoms with E-state index in [4.69, 9.17) is 4.74 Å². The van der Waals surface area contributed by atoms with Crippen molar-refractivity contribution in [3.05, 3.63) is 59.7 Å². The van der Waals surface area contributed by atoms with E-state index in [1.165, 1.54) is 5.56 Å². The smallest absolute Gasteiger partial charge is 0.320 e. The molecule has 0 radical (unpaired) electrons. The molecule has 1 aliphatic rings. The summed E-state index contributed by atoms with van der Waals surface area (Å²) in [5.74, 6) is -0.0816. The molecule has 0 bridgehead atoms. The van der Waals surface area contributed by atoms with Crippen LogP contribution < -0.4 is 15.0 Å². The molecule has 1 aliphatic heterocycles. The average Bonchev–Trinajstić information content (AvgIpc) is 2.86. The number of hydrogen-bond acceptors (Lipinski definition) is 4. The molecule has 1 amide bonds. The summed E-state index contributed by atoms with van der Waals surface area (Å²) in [6, 6.07) is 14.1. The SMILES string of the molecule is CCC[C@@H](NC1COc2ccccc2N(Cc2ccc(C(C)C)cc2)C1=O)C(=O)O. The summed E-state index contributed by atoms with van der Waals surface area (Å²) in [5, 5.41) is 12.5. The van der Waals surface area contributed by atoms with Crippen LogP contribution in [0.2, 0.25) is 0 Å². The summed E-state index contributed by atoms with van der Waals surface area (Å²) in [5.41, 5.74) is 2.95. The standard InChI is InChI=1S/C24H30N2O4/c1-4-7-19(24(28)29)25-20-15-30-22-9-6-5-8-21(22)26(23(20)27)14-17-10-12-18(13-11-17)16(2)3/h5-6,8-13,16,19-20,25H,4,7,14-15H2,1-3H3,(H,28,29)/t19-,20?/m1/s1. The minimum Gasteiger partial charge on any atom is -0.489 e. The van der Waals surface area contributed by atoms with Gasteiger partial charge in [-0.25, -0.2) is 0 Å². The number of carboxylic acid groups (broad SMARTS) is 1. The van der Waals surface area contributed by atoms with E-state index in [9.17, 15) is 14.7 Å². The number of anilines is 1. The van der Waals surface area contributed by atoms with Crippen molar-refractivity contribution in [1.82, 2.24) is 5.32 Å². The second-order valence-corrected chi connectivity index (χ2v) is 8.00. The molecule has 0 saturated carbocycles. The molecule has 0 fully saturated rings. The second-order valence-electron chi connectivity index (χ2n) is 8.00. The van der Waals surface area contributed by atoms with Crippen LogP contribution in [0, 0.1) is 0 Å². The number of hydrogen-bond donors (Lipinski definition) is 2. The molecule has 1 unspecified atom stereocenters. The van der Waals surface area contributed by atoms with Gasteiger partial charge in [-0.3, -0.25) is 14.9 Å². The lowest BCUT2D eigenvalue weighted by atomic mass is 10.0. The van der Waals surface area contributed by atoms with Crippen molar-refractivity contribution in [2.45, 2.75) is 58.2 Å². The van der Waals surface area contributed by atoms with E-state index in [1.807, 2.05) is 43.3 Å². The molecule has 0 aliphatic carbocycles. The summed E-state index contributed by atoms with van der Waals surface area (Å²) in [6.07, 6.45) is 1.15. The van der Waals surface area contributed by atoms with E-state index in [0.29, 0.717) is 36.7 Å². The monoisotopic (exact) mass is 410 g/mol. The number of benzene rings is 2. The van der Waals surface area contributed by atoms with Gasteiger partial charge in [0.05, 0.1) is 12.2 Å². The number of rotatable bonds is 8. The maximum atomic E-state index is 13.4.